The molecule has 0 saturated carbocycles. The van der Waals surface area contributed by atoms with Gasteiger partial charge >= 0.3 is 0 Å². The number of hydrogen-bond donors (Lipinski definition) is 2. The fourth-order valence-electron chi connectivity index (χ4n) is 1.68. The summed E-state index contributed by atoms with van der Waals surface area (Å²) in [6.07, 6.45) is 0. The number of anilines is 1. The van der Waals surface area contributed by atoms with Crippen molar-refractivity contribution in [3.63, 3.8) is 0 Å². The zero-order valence-corrected chi connectivity index (χ0v) is 11.6. The molecule has 2 rings (SSSR count). The van der Waals surface area contributed by atoms with Crippen LogP contribution in [-0.4, -0.2) is 30.4 Å². The number of fused-ring (bicyclic) bond motifs is 1. The van der Waals surface area contributed by atoms with Crippen molar-refractivity contribution in [2.45, 2.75) is 19.1 Å². The summed E-state index contributed by atoms with van der Waals surface area (Å²) >= 11 is 0. The lowest BCUT2D eigenvalue weighted by Crippen LogP contribution is -2.28. The van der Waals surface area contributed by atoms with Gasteiger partial charge in [0, 0.05) is 11.1 Å². The summed E-state index contributed by atoms with van der Waals surface area (Å²) in [7, 11) is -3.61. The van der Waals surface area contributed by atoms with Crippen molar-refractivity contribution in [3.8, 4) is 0 Å². The summed E-state index contributed by atoms with van der Waals surface area (Å²) < 4.78 is 26.4. The zero-order valence-electron chi connectivity index (χ0n) is 10.8. The number of nitrogens with one attached hydrogen (secondary N) is 1. The van der Waals surface area contributed by atoms with Crippen LogP contribution < -0.4 is 4.72 Å². The monoisotopic (exact) mass is 280 g/mol. The number of para-hydroxylation sites is 1. The highest BCUT2D eigenvalue weighted by atomic mass is 32.2. The third-order valence-corrected chi connectivity index (χ3v) is 4.61. The van der Waals surface area contributed by atoms with E-state index in [2.05, 4.69) is 9.71 Å². The number of pyridine rings is 1. The summed E-state index contributed by atoms with van der Waals surface area (Å²) in [5.41, 5.74) is 1.85. The SMILES string of the molecule is Cc1ccc2cccc(NS(=O)(=O)C(C)CO)c2n1. The Morgan fingerprint density at radius 1 is 1.32 bits per heavy atom. The molecule has 19 heavy (non-hydrogen) atoms. The quantitative estimate of drug-likeness (QED) is 0.892. The molecule has 1 aromatic heterocycles. The van der Waals surface area contributed by atoms with Gasteiger partial charge in [-0.25, -0.2) is 8.42 Å². The van der Waals surface area contributed by atoms with Crippen LogP contribution >= 0.6 is 0 Å². The van der Waals surface area contributed by atoms with Crippen LogP contribution in [0.1, 0.15) is 12.6 Å². The first-order chi connectivity index (χ1) is 8.94. The molecule has 0 saturated heterocycles. The second kappa shape index (κ2) is 5.14. The van der Waals surface area contributed by atoms with Crippen molar-refractivity contribution in [2.75, 3.05) is 11.3 Å². The van der Waals surface area contributed by atoms with E-state index in [-0.39, 0.29) is 0 Å². The van der Waals surface area contributed by atoms with E-state index in [1.807, 2.05) is 25.1 Å². The molecule has 0 radical (unpaired) electrons. The van der Waals surface area contributed by atoms with Crippen molar-refractivity contribution in [3.05, 3.63) is 36.0 Å². The molecule has 0 bridgehead atoms. The lowest BCUT2D eigenvalue weighted by atomic mass is 10.2. The van der Waals surface area contributed by atoms with Crippen molar-refractivity contribution >= 4 is 26.6 Å². The Kier molecular flexibility index (Phi) is 3.73. The van der Waals surface area contributed by atoms with E-state index in [9.17, 15) is 8.42 Å². The third kappa shape index (κ3) is 2.85. The fourth-order valence-corrected chi connectivity index (χ4v) is 2.55. The Hall–Kier alpha value is -1.66. The number of aliphatic hydroxyl groups is 1. The number of hydrogen-bond acceptors (Lipinski definition) is 4. The van der Waals surface area contributed by atoms with Gasteiger partial charge in [-0.3, -0.25) is 9.71 Å². The summed E-state index contributed by atoms with van der Waals surface area (Å²) in [5.74, 6) is 0. The molecule has 0 aliphatic heterocycles. The Bertz CT molecular complexity index is 698. The van der Waals surface area contributed by atoms with Gasteiger partial charge in [0.2, 0.25) is 10.0 Å². The van der Waals surface area contributed by atoms with Gasteiger partial charge < -0.3 is 5.11 Å². The first-order valence-corrected chi connectivity index (χ1v) is 7.47. The minimum Gasteiger partial charge on any atom is -0.395 e. The van der Waals surface area contributed by atoms with Crippen molar-refractivity contribution < 1.29 is 13.5 Å². The van der Waals surface area contributed by atoms with Crippen LogP contribution in [0.2, 0.25) is 0 Å². The average molecular weight is 280 g/mol. The molecule has 6 heteroatoms. The van der Waals surface area contributed by atoms with Crippen molar-refractivity contribution in [1.82, 2.24) is 4.98 Å². The summed E-state index contributed by atoms with van der Waals surface area (Å²) in [6, 6.07) is 9.06. The number of sulfonamides is 1. The van der Waals surface area contributed by atoms with Gasteiger partial charge in [-0.05, 0) is 26.0 Å². The Morgan fingerprint density at radius 3 is 2.74 bits per heavy atom. The van der Waals surface area contributed by atoms with Gasteiger partial charge in [-0.1, -0.05) is 18.2 Å². The first kappa shape index (κ1) is 13.8. The molecule has 2 aromatic rings. The lowest BCUT2D eigenvalue weighted by Gasteiger charge is -2.14. The number of rotatable bonds is 4. The highest BCUT2D eigenvalue weighted by Gasteiger charge is 2.20. The molecule has 0 aliphatic rings. The predicted octanol–water partition coefficient (Wildman–Crippen LogP) is 1.67. The standard InChI is InChI=1S/C13H16N2O3S/c1-9-6-7-11-4-3-5-12(13(11)14-9)15-19(17,18)10(2)8-16/h3-7,10,15-16H,8H2,1-2H3. The maximum Gasteiger partial charge on any atom is 0.237 e. The van der Waals surface area contributed by atoms with Crippen LogP contribution in [0.15, 0.2) is 30.3 Å². The summed E-state index contributed by atoms with van der Waals surface area (Å²) in [4.78, 5) is 4.36. The zero-order chi connectivity index (χ0) is 14.0. The average Bonchev–Trinajstić information content (AvgIpc) is 2.38. The highest BCUT2D eigenvalue weighted by molar-refractivity contribution is 7.93. The topological polar surface area (TPSA) is 79.3 Å². The van der Waals surface area contributed by atoms with E-state index in [0.717, 1.165) is 11.1 Å². The molecular formula is C13H16N2O3S. The van der Waals surface area contributed by atoms with E-state index in [4.69, 9.17) is 5.11 Å². The molecular weight excluding hydrogens is 264 g/mol. The molecule has 102 valence electrons. The number of aryl methyl sites for hydroxylation is 1. The lowest BCUT2D eigenvalue weighted by molar-refractivity contribution is 0.296. The molecule has 0 spiro atoms. The predicted molar refractivity (Wildman–Crippen MR) is 75.6 cm³/mol. The van der Waals surface area contributed by atoms with E-state index in [1.54, 1.807) is 12.1 Å². The van der Waals surface area contributed by atoms with Gasteiger partial charge in [0.15, 0.2) is 0 Å². The fraction of sp³-hybridized carbons (Fsp3) is 0.308. The molecule has 0 aliphatic carbocycles. The Morgan fingerprint density at radius 2 is 2.05 bits per heavy atom. The third-order valence-electron chi connectivity index (χ3n) is 2.90. The summed E-state index contributed by atoms with van der Waals surface area (Å²) in [5, 5.41) is 8.97. The van der Waals surface area contributed by atoms with E-state index in [0.29, 0.717) is 11.2 Å². The minimum atomic E-state index is -3.61. The normalized spacial score (nSPS) is 13.4. The summed E-state index contributed by atoms with van der Waals surface area (Å²) in [6.45, 7) is 2.87. The smallest absolute Gasteiger partial charge is 0.237 e. The molecule has 2 N–H and O–H groups in total. The van der Waals surface area contributed by atoms with Crippen LogP contribution in [0.4, 0.5) is 5.69 Å². The molecule has 0 fully saturated rings. The Balaban J connectivity index is 2.49. The van der Waals surface area contributed by atoms with Crippen molar-refractivity contribution in [1.29, 1.82) is 0 Å². The molecule has 1 unspecified atom stereocenters. The maximum absolute atomic E-state index is 12.0. The van der Waals surface area contributed by atoms with Gasteiger partial charge in [0.25, 0.3) is 0 Å². The second-order valence-electron chi connectivity index (χ2n) is 4.47. The highest BCUT2D eigenvalue weighted by Crippen LogP contribution is 2.23. The van der Waals surface area contributed by atoms with Crippen LogP contribution in [0, 0.1) is 6.92 Å². The van der Waals surface area contributed by atoms with Crippen LogP contribution in [-0.2, 0) is 10.0 Å². The van der Waals surface area contributed by atoms with Crippen LogP contribution in [0.3, 0.4) is 0 Å². The first-order valence-electron chi connectivity index (χ1n) is 5.93. The molecule has 0 amide bonds. The van der Waals surface area contributed by atoms with Gasteiger partial charge in [-0.2, -0.15) is 0 Å². The molecule has 1 heterocycles. The number of benzene rings is 1. The minimum absolute atomic E-state index is 0.424. The van der Waals surface area contributed by atoms with Crippen molar-refractivity contribution in [2.24, 2.45) is 0 Å². The Labute approximate surface area is 112 Å². The van der Waals surface area contributed by atoms with E-state index < -0.39 is 21.9 Å². The molecule has 5 nitrogen and oxygen atoms in total. The van der Waals surface area contributed by atoms with Gasteiger partial charge in [0.1, 0.15) is 5.25 Å². The molecule has 1 aromatic carbocycles. The van der Waals surface area contributed by atoms with E-state index >= 15 is 0 Å². The van der Waals surface area contributed by atoms with Gasteiger partial charge in [-0.15, -0.1) is 0 Å². The molecule has 1 atom stereocenters. The van der Waals surface area contributed by atoms with Crippen LogP contribution in [0.5, 0.6) is 0 Å². The number of aliphatic hydroxyl groups excluding tert-OH is 1. The van der Waals surface area contributed by atoms with E-state index in [1.165, 1.54) is 6.92 Å². The van der Waals surface area contributed by atoms with Gasteiger partial charge in [0.05, 0.1) is 17.8 Å². The number of nitrogens with zero attached hydrogens (tertiary/aromatic N) is 1. The van der Waals surface area contributed by atoms with Crippen LogP contribution in [0.25, 0.3) is 10.9 Å². The maximum atomic E-state index is 12.0. The number of aromatic nitrogens is 1. The second-order valence-corrected chi connectivity index (χ2v) is 6.57. The largest absolute Gasteiger partial charge is 0.395 e.